The van der Waals surface area contributed by atoms with Gasteiger partial charge in [0.25, 0.3) is 11.6 Å². The Morgan fingerprint density at radius 2 is 2.30 bits per heavy atom. The van der Waals surface area contributed by atoms with Crippen LogP contribution in [-0.2, 0) is 13.6 Å². The zero-order valence-electron chi connectivity index (χ0n) is 10.5. The summed E-state index contributed by atoms with van der Waals surface area (Å²) in [4.78, 5) is 22.3. The number of aromatic nitrogens is 2. The number of hydrogen-bond donors (Lipinski definition) is 1. The zero-order valence-corrected chi connectivity index (χ0v) is 11.3. The van der Waals surface area contributed by atoms with E-state index < -0.39 is 10.8 Å². The van der Waals surface area contributed by atoms with Crippen LogP contribution in [0, 0.1) is 10.1 Å². The van der Waals surface area contributed by atoms with Gasteiger partial charge in [0.1, 0.15) is 5.56 Å². The lowest BCUT2D eigenvalue weighted by Gasteiger charge is -2.05. The first-order valence-electron chi connectivity index (χ1n) is 5.67. The standard InChI is InChI=1S/C12H11ClN4O3/c1-16-7-8(6-15-16)5-14-12(18)10-4-9(13)2-3-11(10)17(19)20/h2-4,6-7H,5H2,1H3,(H,14,18). The van der Waals surface area contributed by atoms with Crippen molar-refractivity contribution in [3.05, 3.63) is 56.9 Å². The highest BCUT2D eigenvalue weighted by molar-refractivity contribution is 6.31. The maximum Gasteiger partial charge on any atom is 0.282 e. The number of carbonyl (C=O) groups excluding carboxylic acids is 1. The van der Waals surface area contributed by atoms with Crippen molar-refractivity contribution in [2.24, 2.45) is 7.05 Å². The van der Waals surface area contributed by atoms with Gasteiger partial charge in [-0.15, -0.1) is 0 Å². The zero-order chi connectivity index (χ0) is 14.7. The first-order chi connectivity index (χ1) is 9.47. The van der Waals surface area contributed by atoms with Crippen LogP contribution in [0.4, 0.5) is 5.69 Å². The van der Waals surface area contributed by atoms with Crippen molar-refractivity contribution in [3.8, 4) is 0 Å². The molecule has 1 amide bonds. The van der Waals surface area contributed by atoms with Crippen LogP contribution in [0.5, 0.6) is 0 Å². The topological polar surface area (TPSA) is 90.1 Å². The molecule has 0 radical (unpaired) electrons. The predicted molar refractivity (Wildman–Crippen MR) is 72.5 cm³/mol. The average Bonchev–Trinajstić information content (AvgIpc) is 2.81. The number of carbonyl (C=O) groups is 1. The molecule has 1 heterocycles. The molecule has 0 aliphatic carbocycles. The van der Waals surface area contributed by atoms with Gasteiger partial charge in [-0.2, -0.15) is 5.10 Å². The van der Waals surface area contributed by atoms with Gasteiger partial charge in [-0.1, -0.05) is 11.6 Å². The largest absolute Gasteiger partial charge is 0.348 e. The van der Waals surface area contributed by atoms with Gasteiger partial charge in [-0.05, 0) is 12.1 Å². The molecule has 104 valence electrons. The van der Waals surface area contributed by atoms with E-state index in [4.69, 9.17) is 11.6 Å². The number of nitrogens with zero attached hydrogens (tertiary/aromatic N) is 3. The molecule has 0 aliphatic rings. The monoisotopic (exact) mass is 294 g/mol. The molecular weight excluding hydrogens is 284 g/mol. The van der Waals surface area contributed by atoms with Gasteiger partial charge in [-0.3, -0.25) is 19.6 Å². The number of nitro groups is 1. The molecule has 0 bridgehead atoms. The van der Waals surface area contributed by atoms with Crippen LogP contribution in [-0.4, -0.2) is 20.6 Å². The Kier molecular flexibility index (Phi) is 3.99. The Morgan fingerprint density at radius 1 is 1.55 bits per heavy atom. The summed E-state index contributed by atoms with van der Waals surface area (Å²) >= 11 is 5.77. The van der Waals surface area contributed by atoms with Crippen molar-refractivity contribution in [3.63, 3.8) is 0 Å². The number of amides is 1. The molecular formula is C12H11ClN4O3. The first kappa shape index (κ1) is 14.0. The lowest BCUT2D eigenvalue weighted by Crippen LogP contribution is -2.23. The molecule has 0 spiro atoms. The van der Waals surface area contributed by atoms with Gasteiger partial charge in [0.2, 0.25) is 0 Å². The molecule has 2 rings (SSSR count). The highest BCUT2D eigenvalue weighted by atomic mass is 35.5. The van der Waals surface area contributed by atoms with Gasteiger partial charge in [0.05, 0.1) is 11.1 Å². The van der Waals surface area contributed by atoms with E-state index in [2.05, 4.69) is 10.4 Å². The maximum atomic E-state index is 12.0. The van der Waals surface area contributed by atoms with Crippen molar-refractivity contribution >= 4 is 23.2 Å². The van der Waals surface area contributed by atoms with E-state index in [0.717, 1.165) is 5.56 Å². The van der Waals surface area contributed by atoms with Gasteiger partial charge in [0, 0.05) is 36.4 Å². The normalized spacial score (nSPS) is 10.3. The van der Waals surface area contributed by atoms with Crippen molar-refractivity contribution in [1.29, 1.82) is 0 Å². The van der Waals surface area contributed by atoms with Crippen LogP contribution in [0.3, 0.4) is 0 Å². The second kappa shape index (κ2) is 5.70. The van der Waals surface area contributed by atoms with Gasteiger partial charge >= 0.3 is 0 Å². The highest BCUT2D eigenvalue weighted by Gasteiger charge is 2.20. The number of halogens is 1. The van der Waals surface area contributed by atoms with Crippen LogP contribution in [0.15, 0.2) is 30.6 Å². The van der Waals surface area contributed by atoms with Crippen LogP contribution in [0.25, 0.3) is 0 Å². The van der Waals surface area contributed by atoms with Crippen molar-refractivity contribution < 1.29 is 9.72 Å². The van der Waals surface area contributed by atoms with Crippen LogP contribution >= 0.6 is 11.6 Å². The van der Waals surface area contributed by atoms with E-state index in [9.17, 15) is 14.9 Å². The summed E-state index contributed by atoms with van der Waals surface area (Å²) in [6.07, 6.45) is 3.35. The number of benzene rings is 1. The summed E-state index contributed by atoms with van der Waals surface area (Å²) in [7, 11) is 1.76. The molecule has 0 saturated heterocycles. The molecule has 8 heteroatoms. The molecule has 1 N–H and O–H groups in total. The van der Waals surface area contributed by atoms with Gasteiger partial charge < -0.3 is 5.32 Å². The molecule has 0 saturated carbocycles. The van der Waals surface area contributed by atoms with Crippen molar-refractivity contribution in [2.45, 2.75) is 6.54 Å². The van der Waals surface area contributed by atoms with Crippen LogP contribution < -0.4 is 5.32 Å². The highest BCUT2D eigenvalue weighted by Crippen LogP contribution is 2.22. The SMILES string of the molecule is Cn1cc(CNC(=O)c2cc(Cl)ccc2[N+](=O)[O-])cn1. The molecule has 0 unspecified atom stereocenters. The van der Waals surface area contributed by atoms with E-state index in [1.54, 1.807) is 24.1 Å². The summed E-state index contributed by atoms with van der Waals surface area (Å²) in [5.74, 6) is -0.553. The summed E-state index contributed by atoms with van der Waals surface area (Å²) < 4.78 is 1.60. The predicted octanol–water partition coefficient (Wildman–Crippen LogP) is 1.91. The fourth-order valence-corrected chi connectivity index (χ4v) is 1.86. The number of nitrogens with one attached hydrogen (secondary N) is 1. The fourth-order valence-electron chi connectivity index (χ4n) is 1.69. The molecule has 0 atom stereocenters. The summed E-state index contributed by atoms with van der Waals surface area (Å²) in [5.41, 5.74) is 0.454. The Morgan fingerprint density at radius 3 is 2.90 bits per heavy atom. The first-order valence-corrected chi connectivity index (χ1v) is 6.05. The smallest absolute Gasteiger partial charge is 0.282 e. The quantitative estimate of drug-likeness (QED) is 0.689. The van der Waals surface area contributed by atoms with Gasteiger partial charge in [0.15, 0.2) is 0 Å². The molecule has 1 aromatic carbocycles. The second-order valence-corrected chi connectivity index (χ2v) is 4.56. The Hall–Kier alpha value is -2.41. The molecule has 2 aromatic rings. The van der Waals surface area contributed by atoms with E-state index in [1.165, 1.54) is 18.2 Å². The Bertz CT molecular complexity index is 668. The third-order valence-corrected chi connectivity index (χ3v) is 2.85. The lowest BCUT2D eigenvalue weighted by molar-refractivity contribution is -0.385. The van der Waals surface area contributed by atoms with Gasteiger partial charge in [-0.25, -0.2) is 0 Å². The van der Waals surface area contributed by atoms with Crippen LogP contribution in [0.2, 0.25) is 5.02 Å². The molecule has 1 aromatic heterocycles. The fraction of sp³-hybridized carbons (Fsp3) is 0.167. The van der Waals surface area contributed by atoms with E-state index >= 15 is 0 Å². The summed E-state index contributed by atoms with van der Waals surface area (Å²) in [6.45, 7) is 0.232. The van der Waals surface area contributed by atoms with E-state index in [1.807, 2.05) is 0 Å². The van der Waals surface area contributed by atoms with E-state index in [0.29, 0.717) is 0 Å². The van der Waals surface area contributed by atoms with E-state index in [-0.39, 0.29) is 22.8 Å². The second-order valence-electron chi connectivity index (χ2n) is 4.12. The Labute approximate surface area is 119 Å². The minimum absolute atomic E-state index is 0.0635. The van der Waals surface area contributed by atoms with Crippen molar-refractivity contribution in [2.75, 3.05) is 0 Å². The number of rotatable bonds is 4. The van der Waals surface area contributed by atoms with Crippen LogP contribution in [0.1, 0.15) is 15.9 Å². The third-order valence-electron chi connectivity index (χ3n) is 2.61. The molecule has 0 aliphatic heterocycles. The lowest BCUT2D eigenvalue weighted by atomic mass is 10.1. The van der Waals surface area contributed by atoms with Crippen molar-refractivity contribution in [1.82, 2.24) is 15.1 Å². The average molecular weight is 295 g/mol. The molecule has 7 nitrogen and oxygen atoms in total. The molecule has 0 fully saturated rings. The number of hydrogen-bond acceptors (Lipinski definition) is 4. The maximum absolute atomic E-state index is 12.0. The minimum atomic E-state index is -0.616. The summed E-state index contributed by atoms with van der Waals surface area (Å²) in [6, 6.07) is 3.86. The number of aryl methyl sites for hydroxylation is 1. The minimum Gasteiger partial charge on any atom is -0.348 e. The number of nitro benzene ring substituents is 1. The Balaban J connectivity index is 2.16. The third kappa shape index (κ3) is 3.12. The summed E-state index contributed by atoms with van der Waals surface area (Å²) in [5, 5.41) is 17.7. The molecule has 20 heavy (non-hydrogen) atoms.